The van der Waals surface area contributed by atoms with E-state index in [1.54, 1.807) is 19.5 Å². The lowest BCUT2D eigenvalue weighted by Gasteiger charge is -2.29. The van der Waals surface area contributed by atoms with Crippen molar-refractivity contribution in [2.75, 3.05) is 7.11 Å². The van der Waals surface area contributed by atoms with Crippen molar-refractivity contribution in [2.24, 2.45) is 0 Å². The third-order valence-corrected chi connectivity index (χ3v) is 4.61. The van der Waals surface area contributed by atoms with E-state index in [4.69, 9.17) is 9.47 Å². The van der Waals surface area contributed by atoms with Gasteiger partial charge in [0.05, 0.1) is 19.5 Å². The van der Waals surface area contributed by atoms with Crippen LogP contribution < -0.4 is 14.8 Å². The molecular weight excluding hydrogens is 330 g/mol. The number of nitrogens with one attached hydrogen (secondary N) is 1. The largest absolute Gasteiger partial charge is 0.480 e. The maximum atomic E-state index is 12.2. The number of carbonyl (C=O) groups excluding carboxylic acids is 1. The summed E-state index contributed by atoms with van der Waals surface area (Å²) in [6.45, 7) is 0. The van der Waals surface area contributed by atoms with Crippen LogP contribution in [-0.2, 0) is 11.2 Å². The molecule has 6 heteroatoms. The lowest BCUT2D eigenvalue weighted by atomic mass is 9.92. The van der Waals surface area contributed by atoms with Crippen LogP contribution in [0, 0.1) is 0 Å². The van der Waals surface area contributed by atoms with Gasteiger partial charge < -0.3 is 14.8 Å². The normalized spacial score (nSPS) is 19.6. The second-order valence-corrected chi connectivity index (χ2v) is 6.54. The molecule has 3 rings (SSSR count). The molecule has 6 nitrogen and oxygen atoms in total. The van der Waals surface area contributed by atoms with Crippen molar-refractivity contribution >= 4 is 5.91 Å². The molecule has 0 unspecified atom stereocenters. The van der Waals surface area contributed by atoms with Gasteiger partial charge >= 0.3 is 0 Å². The van der Waals surface area contributed by atoms with Crippen LogP contribution in [-0.4, -0.2) is 35.1 Å². The molecule has 0 aliphatic heterocycles. The fourth-order valence-electron chi connectivity index (χ4n) is 3.18. The molecule has 0 spiro atoms. The molecule has 0 saturated heterocycles. The first kappa shape index (κ1) is 18.2. The monoisotopic (exact) mass is 355 g/mol. The van der Waals surface area contributed by atoms with Gasteiger partial charge in [-0.1, -0.05) is 30.3 Å². The molecule has 1 saturated carbocycles. The van der Waals surface area contributed by atoms with Gasteiger partial charge in [-0.25, -0.2) is 0 Å². The Balaban J connectivity index is 1.38. The molecule has 1 aromatic carbocycles. The number of aryl methyl sites for hydroxylation is 1. The van der Waals surface area contributed by atoms with E-state index >= 15 is 0 Å². The molecule has 0 bridgehead atoms. The van der Waals surface area contributed by atoms with Crippen LogP contribution in [0.2, 0.25) is 0 Å². The van der Waals surface area contributed by atoms with Gasteiger partial charge in [-0.15, -0.1) is 0 Å². The SMILES string of the molecule is COc1cncc(OC2CCC(NC(=O)CCc3ccccc3)CC2)n1. The number of aromatic nitrogens is 2. The highest BCUT2D eigenvalue weighted by Gasteiger charge is 2.24. The summed E-state index contributed by atoms with van der Waals surface area (Å²) in [6.07, 6.45) is 8.17. The van der Waals surface area contributed by atoms with E-state index in [2.05, 4.69) is 27.4 Å². The van der Waals surface area contributed by atoms with Crippen LogP contribution >= 0.6 is 0 Å². The fourth-order valence-corrected chi connectivity index (χ4v) is 3.18. The number of rotatable bonds is 7. The molecule has 138 valence electrons. The van der Waals surface area contributed by atoms with Crippen LogP contribution in [0.3, 0.4) is 0 Å². The first-order valence-electron chi connectivity index (χ1n) is 9.09. The molecule has 26 heavy (non-hydrogen) atoms. The number of nitrogens with zero attached hydrogens (tertiary/aromatic N) is 2. The Labute approximate surface area is 154 Å². The first-order valence-corrected chi connectivity index (χ1v) is 9.09. The third-order valence-electron chi connectivity index (χ3n) is 4.61. The van der Waals surface area contributed by atoms with Crippen molar-refractivity contribution in [1.29, 1.82) is 0 Å². The first-order chi connectivity index (χ1) is 12.7. The minimum atomic E-state index is 0.105. The van der Waals surface area contributed by atoms with Crippen LogP contribution in [0.4, 0.5) is 0 Å². The molecule has 1 heterocycles. The second-order valence-electron chi connectivity index (χ2n) is 6.54. The van der Waals surface area contributed by atoms with Crippen molar-refractivity contribution in [3.8, 4) is 11.8 Å². The Morgan fingerprint density at radius 3 is 2.58 bits per heavy atom. The van der Waals surface area contributed by atoms with E-state index in [0.717, 1.165) is 32.1 Å². The summed E-state index contributed by atoms with van der Waals surface area (Å²) in [5.41, 5.74) is 1.19. The summed E-state index contributed by atoms with van der Waals surface area (Å²) in [6, 6.07) is 10.3. The Bertz CT molecular complexity index is 700. The number of hydrogen-bond acceptors (Lipinski definition) is 5. The van der Waals surface area contributed by atoms with Crippen molar-refractivity contribution in [2.45, 2.75) is 50.7 Å². The predicted octanol–water partition coefficient (Wildman–Crippen LogP) is 2.92. The Morgan fingerprint density at radius 1 is 1.12 bits per heavy atom. The fraction of sp³-hybridized carbons (Fsp3) is 0.450. The van der Waals surface area contributed by atoms with Gasteiger partial charge in [-0.3, -0.25) is 9.78 Å². The van der Waals surface area contributed by atoms with Gasteiger partial charge in [-0.2, -0.15) is 4.98 Å². The standard InChI is InChI=1S/C20H25N3O3/c1-25-19-13-21-14-20(23-19)26-17-10-8-16(9-11-17)22-18(24)12-7-15-5-3-2-4-6-15/h2-6,13-14,16-17H,7-12H2,1H3,(H,22,24). The quantitative estimate of drug-likeness (QED) is 0.827. The zero-order valence-corrected chi connectivity index (χ0v) is 15.1. The molecule has 1 aromatic heterocycles. The maximum Gasteiger partial charge on any atom is 0.235 e. The van der Waals surface area contributed by atoms with Crippen molar-refractivity contribution in [3.05, 3.63) is 48.3 Å². The lowest BCUT2D eigenvalue weighted by Crippen LogP contribution is -2.39. The van der Waals surface area contributed by atoms with Gasteiger partial charge in [0.25, 0.3) is 0 Å². The van der Waals surface area contributed by atoms with Gasteiger partial charge in [0, 0.05) is 12.5 Å². The smallest absolute Gasteiger partial charge is 0.235 e. The van der Waals surface area contributed by atoms with E-state index in [-0.39, 0.29) is 18.1 Å². The summed E-state index contributed by atoms with van der Waals surface area (Å²) < 4.78 is 10.9. The molecule has 0 radical (unpaired) electrons. The van der Waals surface area contributed by atoms with Gasteiger partial charge in [-0.05, 0) is 37.7 Å². The Hall–Kier alpha value is -2.63. The zero-order chi connectivity index (χ0) is 18.2. The van der Waals surface area contributed by atoms with Gasteiger partial charge in [0.2, 0.25) is 17.7 Å². The molecule has 0 atom stereocenters. The average molecular weight is 355 g/mol. The molecule has 2 aromatic rings. The van der Waals surface area contributed by atoms with E-state index in [1.165, 1.54) is 5.56 Å². The number of benzene rings is 1. The molecular formula is C20H25N3O3. The topological polar surface area (TPSA) is 73.3 Å². The van der Waals surface area contributed by atoms with Crippen molar-refractivity contribution < 1.29 is 14.3 Å². The molecule has 1 aliphatic rings. The van der Waals surface area contributed by atoms with E-state index < -0.39 is 0 Å². The van der Waals surface area contributed by atoms with Crippen molar-refractivity contribution in [1.82, 2.24) is 15.3 Å². The van der Waals surface area contributed by atoms with Crippen LogP contribution in [0.5, 0.6) is 11.8 Å². The second kappa shape index (κ2) is 9.17. The summed E-state index contributed by atoms with van der Waals surface area (Å²) >= 11 is 0. The number of methoxy groups -OCH3 is 1. The van der Waals surface area contributed by atoms with E-state index in [0.29, 0.717) is 18.2 Å². The summed E-state index contributed by atoms with van der Waals surface area (Å²) in [4.78, 5) is 20.4. The lowest BCUT2D eigenvalue weighted by molar-refractivity contribution is -0.122. The minimum Gasteiger partial charge on any atom is -0.480 e. The number of amides is 1. The van der Waals surface area contributed by atoms with E-state index in [1.807, 2.05) is 18.2 Å². The van der Waals surface area contributed by atoms with Crippen LogP contribution in [0.15, 0.2) is 42.7 Å². The number of carbonyl (C=O) groups is 1. The van der Waals surface area contributed by atoms with Crippen LogP contribution in [0.25, 0.3) is 0 Å². The Morgan fingerprint density at radius 2 is 1.85 bits per heavy atom. The number of ether oxygens (including phenoxy) is 2. The summed E-state index contributed by atoms with van der Waals surface area (Å²) in [7, 11) is 1.56. The number of hydrogen-bond donors (Lipinski definition) is 1. The summed E-state index contributed by atoms with van der Waals surface area (Å²) in [5.74, 6) is 1.05. The highest BCUT2D eigenvalue weighted by molar-refractivity contribution is 5.76. The molecule has 1 amide bonds. The van der Waals surface area contributed by atoms with Crippen LogP contribution in [0.1, 0.15) is 37.7 Å². The molecule has 1 aliphatic carbocycles. The zero-order valence-electron chi connectivity index (χ0n) is 15.1. The molecule has 1 fully saturated rings. The Kier molecular flexibility index (Phi) is 6.41. The highest BCUT2D eigenvalue weighted by Crippen LogP contribution is 2.23. The van der Waals surface area contributed by atoms with Gasteiger partial charge in [0.15, 0.2) is 0 Å². The van der Waals surface area contributed by atoms with E-state index in [9.17, 15) is 4.79 Å². The predicted molar refractivity (Wildman–Crippen MR) is 98.2 cm³/mol. The third kappa shape index (κ3) is 5.44. The van der Waals surface area contributed by atoms with Gasteiger partial charge in [0.1, 0.15) is 6.10 Å². The molecule has 1 N–H and O–H groups in total. The summed E-state index contributed by atoms with van der Waals surface area (Å²) in [5, 5.41) is 3.15. The highest BCUT2D eigenvalue weighted by atomic mass is 16.5. The maximum absolute atomic E-state index is 12.2. The average Bonchev–Trinajstić information content (AvgIpc) is 2.69. The minimum absolute atomic E-state index is 0.105. The van der Waals surface area contributed by atoms with Crippen molar-refractivity contribution in [3.63, 3.8) is 0 Å².